The molecule has 0 radical (unpaired) electrons. The minimum absolute atomic E-state index is 0.0603. The number of hydrogen-bond donors (Lipinski definition) is 1. The van der Waals surface area contributed by atoms with Crippen molar-refractivity contribution in [2.24, 2.45) is 5.73 Å². The smallest absolute Gasteiger partial charge is 0.289 e. The zero-order valence-corrected chi connectivity index (χ0v) is 18.3. The number of rotatable bonds is 2. The second kappa shape index (κ2) is 8.22. The predicted molar refractivity (Wildman–Crippen MR) is 126 cm³/mol. The molecule has 1 aromatic heterocycles. The molecule has 2 aromatic carbocycles. The molecule has 0 saturated carbocycles. The lowest BCUT2D eigenvalue weighted by atomic mass is 9.74. The van der Waals surface area contributed by atoms with E-state index in [1.54, 1.807) is 12.1 Å². The van der Waals surface area contributed by atoms with Crippen LogP contribution in [0.2, 0.25) is 0 Å². The van der Waals surface area contributed by atoms with E-state index < -0.39 is 0 Å². The Morgan fingerprint density at radius 2 is 1.84 bits per heavy atom. The number of hydrogen-bond acceptors (Lipinski definition) is 4. The molecule has 1 amide bonds. The van der Waals surface area contributed by atoms with Crippen LogP contribution in [0.3, 0.4) is 0 Å². The fraction of sp³-hybridized carbons (Fsp3) is 0.296. The van der Waals surface area contributed by atoms with Crippen LogP contribution in [-0.4, -0.2) is 37.5 Å². The van der Waals surface area contributed by atoms with E-state index in [4.69, 9.17) is 10.2 Å². The maximum atomic E-state index is 13.1. The third-order valence-corrected chi connectivity index (χ3v) is 6.75. The lowest BCUT2D eigenvalue weighted by molar-refractivity contribution is 0.0642. The summed E-state index contributed by atoms with van der Waals surface area (Å²) in [6, 6.07) is 19.8. The Morgan fingerprint density at radius 3 is 2.59 bits per heavy atom. The first kappa shape index (κ1) is 20.4. The Labute approximate surface area is 188 Å². The molecule has 32 heavy (non-hydrogen) atoms. The molecular weight excluding hydrogens is 398 g/mol. The highest BCUT2D eigenvalue weighted by molar-refractivity contribution is 5.91. The van der Waals surface area contributed by atoms with Gasteiger partial charge in [0.25, 0.3) is 5.91 Å². The highest BCUT2D eigenvalue weighted by Gasteiger charge is 2.44. The molecule has 162 valence electrons. The number of likely N-dealkylation sites (tertiary alicyclic amines) is 1. The Kier molecular flexibility index (Phi) is 5.24. The van der Waals surface area contributed by atoms with Crippen LogP contribution in [-0.2, 0) is 12.0 Å². The van der Waals surface area contributed by atoms with Gasteiger partial charge in [0.2, 0.25) is 0 Å². The van der Waals surface area contributed by atoms with E-state index in [1.807, 2.05) is 35.2 Å². The molecule has 1 spiro atoms. The lowest BCUT2D eigenvalue weighted by Gasteiger charge is -2.39. The number of fused-ring (bicyclic) bond motifs is 2. The second-order valence-corrected chi connectivity index (χ2v) is 8.76. The van der Waals surface area contributed by atoms with Crippen molar-refractivity contribution in [1.29, 1.82) is 0 Å². The van der Waals surface area contributed by atoms with Crippen molar-refractivity contribution in [2.45, 2.75) is 24.8 Å². The molecule has 1 fully saturated rings. The van der Waals surface area contributed by atoms with Crippen molar-refractivity contribution in [3.8, 4) is 11.8 Å². The topological polar surface area (TPSA) is 62.7 Å². The third-order valence-electron chi connectivity index (χ3n) is 6.75. The second-order valence-electron chi connectivity index (χ2n) is 8.76. The minimum Gasteiger partial charge on any atom is -0.443 e. The van der Waals surface area contributed by atoms with E-state index in [0.717, 1.165) is 30.5 Å². The summed E-state index contributed by atoms with van der Waals surface area (Å²) in [6.07, 6.45) is 1.87. The van der Waals surface area contributed by atoms with Gasteiger partial charge < -0.3 is 20.0 Å². The predicted octanol–water partition coefficient (Wildman–Crippen LogP) is 3.76. The molecule has 1 saturated heterocycles. The van der Waals surface area contributed by atoms with Crippen molar-refractivity contribution in [3.63, 3.8) is 0 Å². The molecule has 3 heterocycles. The van der Waals surface area contributed by atoms with Gasteiger partial charge in [-0.1, -0.05) is 36.3 Å². The first-order valence-corrected chi connectivity index (χ1v) is 11.1. The van der Waals surface area contributed by atoms with Gasteiger partial charge in [0.1, 0.15) is 0 Å². The molecule has 2 aliphatic heterocycles. The van der Waals surface area contributed by atoms with Crippen LogP contribution in [0.1, 0.15) is 45.8 Å². The Balaban J connectivity index is 1.28. The average molecular weight is 426 g/mol. The Morgan fingerprint density at radius 1 is 1.06 bits per heavy atom. The highest BCUT2D eigenvalue weighted by Crippen LogP contribution is 2.46. The number of benzene rings is 2. The summed E-state index contributed by atoms with van der Waals surface area (Å²) in [5.41, 5.74) is 10.7. The summed E-state index contributed by atoms with van der Waals surface area (Å²) < 4.78 is 5.75. The van der Waals surface area contributed by atoms with Crippen LogP contribution >= 0.6 is 0 Å². The summed E-state index contributed by atoms with van der Waals surface area (Å²) in [7, 11) is 2.15. The number of nitrogens with zero attached hydrogens (tertiary/aromatic N) is 2. The Hall–Kier alpha value is -3.49. The van der Waals surface area contributed by atoms with Crippen molar-refractivity contribution < 1.29 is 9.21 Å². The molecule has 0 atom stereocenters. The van der Waals surface area contributed by atoms with Crippen LogP contribution in [0.15, 0.2) is 65.1 Å². The number of nitrogens with two attached hydrogens (primary N) is 1. The van der Waals surface area contributed by atoms with E-state index in [0.29, 0.717) is 31.2 Å². The number of piperidine rings is 1. The number of amides is 1. The molecule has 5 rings (SSSR count). The molecule has 0 unspecified atom stereocenters. The van der Waals surface area contributed by atoms with Gasteiger partial charge in [-0.05, 0) is 60.2 Å². The maximum absolute atomic E-state index is 13.1. The van der Waals surface area contributed by atoms with Crippen molar-refractivity contribution in [2.75, 3.05) is 31.6 Å². The van der Waals surface area contributed by atoms with Crippen molar-refractivity contribution >= 4 is 11.6 Å². The van der Waals surface area contributed by atoms with Crippen molar-refractivity contribution in [3.05, 3.63) is 88.9 Å². The number of carbonyl (C=O) groups excluding carboxylic acids is 1. The monoisotopic (exact) mass is 425 g/mol. The van der Waals surface area contributed by atoms with Gasteiger partial charge in [-0.3, -0.25) is 4.79 Å². The highest BCUT2D eigenvalue weighted by atomic mass is 16.3. The van der Waals surface area contributed by atoms with Gasteiger partial charge in [0, 0.05) is 49.9 Å². The molecule has 2 aliphatic rings. The molecule has 0 bridgehead atoms. The van der Waals surface area contributed by atoms with Gasteiger partial charge in [0.05, 0.1) is 0 Å². The maximum Gasteiger partial charge on any atom is 0.289 e. The average Bonchev–Trinajstić information content (AvgIpc) is 3.41. The van der Waals surface area contributed by atoms with Gasteiger partial charge in [-0.2, -0.15) is 0 Å². The first-order chi connectivity index (χ1) is 15.6. The van der Waals surface area contributed by atoms with E-state index in [2.05, 4.69) is 42.0 Å². The first-order valence-electron chi connectivity index (χ1n) is 11.1. The largest absolute Gasteiger partial charge is 0.443 e. The zero-order valence-electron chi connectivity index (χ0n) is 18.3. The molecule has 5 heteroatoms. The number of carbonyl (C=O) groups is 1. The summed E-state index contributed by atoms with van der Waals surface area (Å²) in [6.45, 7) is 2.96. The molecule has 2 N–H and O–H groups in total. The van der Waals surface area contributed by atoms with Crippen LogP contribution in [0.5, 0.6) is 0 Å². The number of anilines is 1. The van der Waals surface area contributed by atoms with E-state index in [1.165, 1.54) is 11.3 Å². The van der Waals surface area contributed by atoms with Crippen LogP contribution < -0.4 is 10.6 Å². The summed E-state index contributed by atoms with van der Waals surface area (Å²) in [5, 5.41) is 0. The van der Waals surface area contributed by atoms with E-state index >= 15 is 0 Å². The van der Waals surface area contributed by atoms with Crippen LogP contribution in [0.25, 0.3) is 0 Å². The number of likely N-dealkylation sites (N-methyl/N-ethyl adjacent to an activating group) is 1. The lowest BCUT2D eigenvalue weighted by Crippen LogP contribution is -2.46. The quantitative estimate of drug-likeness (QED) is 0.635. The zero-order chi connectivity index (χ0) is 22.1. The van der Waals surface area contributed by atoms with Gasteiger partial charge >= 0.3 is 0 Å². The SMILES string of the molecule is CN1CC2(CCN(C(=O)c3ccc(C#Cc4ccccc4)o3)CC2)c2cc(CN)ccc21. The molecule has 5 nitrogen and oxygen atoms in total. The number of furan rings is 1. The standard InChI is InChI=1S/C27H27N3O2/c1-29-19-27(23-17-21(18-28)8-11-24(23)29)13-15-30(16-14-27)26(31)25-12-10-22(32-25)9-7-20-5-3-2-4-6-20/h2-6,8,10-12,17H,13-16,18-19,28H2,1H3. The van der Waals surface area contributed by atoms with E-state index in [-0.39, 0.29) is 11.3 Å². The summed E-state index contributed by atoms with van der Waals surface area (Å²) in [4.78, 5) is 17.3. The fourth-order valence-electron chi connectivity index (χ4n) is 4.99. The van der Waals surface area contributed by atoms with Crippen LogP contribution in [0.4, 0.5) is 5.69 Å². The summed E-state index contributed by atoms with van der Waals surface area (Å²) >= 11 is 0. The van der Waals surface area contributed by atoms with Gasteiger partial charge in [-0.25, -0.2) is 0 Å². The summed E-state index contributed by atoms with van der Waals surface area (Å²) in [5.74, 6) is 6.87. The molecule has 3 aromatic rings. The minimum atomic E-state index is -0.0603. The fourth-order valence-corrected chi connectivity index (χ4v) is 4.99. The Bertz CT molecular complexity index is 1190. The molecular formula is C27H27N3O2. The normalized spacial score (nSPS) is 16.6. The van der Waals surface area contributed by atoms with Gasteiger partial charge in [-0.15, -0.1) is 0 Å². The van der Waals surface area contributed by atoms with E-state index in [9.17, 15) is 4.79 Å². The third kappa shape index (κ3) is 3.68. The van der Waals surface area contributed by atoms with Crippen LogP contribution in [0, 0.1) is 11.8 Å². The van der Waals surface area contributed by atoms with Gasteiger partial charge in [0.15, 0.2) is 11.5 Å². The van der Waals surface area contributed by atoms with Crippen molar-refractivity contribution in [1.82, 2.24) is 4.90 Å². The molecule has 0 aliphatic carbocycles.